The van der Waals surface area contributed by atoms with Crippen molar-refractivity contribution in [3.63, 3.8) is 0 Å². The first-order valence-corrected chi connectivity index (χ1v) is 11.4. The molecule has 10 nitrogen and oxygen atoms in total. The number of carbonyl (C=O) groups excluding carboxylic acids is 1. The fourth-order valence-electron chi connectivity index (χ4n) is 3.25. The predicted molar refractivity (Wildman–Crippen MR) is 110 cm³/mol. The van der Waals surface area contributed by atoms with E-state index in [0.29, 0.717) is 18.9 Å². The number of nitrogens with one attached hydrogen (secondary N) is 2. The summed E-state index contributed by atoms with van der Waals surface area (Å²) in [5.74, 6) is 0.274. The maximum absolute atomic E-state index is 11.6. The van der Waals surface area contributed by atoms with Crippen LogP contribution in [0.4, 0.5) is 23.1 Å². The minimum Gasteiger partial charge on any atom is -0.369 e. The summed E-state index contributed by atoms with van der Waals surface area (Å²) in [5, 5.41) is 14.1. The van der Waals surface area contributed by atoms with E-state index < -0.39 is 15.7 Å². The van der Waals surface area contributed by atoms with Gasteiger partial charge in [0.2, 0.25) is 5.95 Å². The Hall–Kier alpha value is -2.95. The maximum atomic E-state index is 11.6. The van der Waals surface area contributed by atoms with Gasteiger partial charge in [-0.15, -0.1) is 10.2 Å². The van der Waals surface area contributed by atoms with Crippen LogP contribution in [0.5, 0.6) is 0 Å². The third kappa shape index (κ3) is 4.56. The van der Waals surface area contributed by atoms with Crippen molar-refractivity contribution in [3.05, 3.63) is 30.0 Å². The highest BCUT2D eigenvalue weighted by Crippen LogP contribution is 2.25. The fourth-order valence-corrected chi connectivity index (χ4v) is 4.45. The van der Waals surface area contributed by atoms with Gasteiger partial charge in [0.15, 0.2) is 21.3 Å². The van der Waals surface area contributed by atoms with Gasteiger partial charge in [0.25, 0.3) is 5.91 Å². The van der Waals surface area contributed by atoms with E-state index in [4.69, 9.17) is 5.73 Å². The standard InChI is InChI=1S/C18H23N7O3S/c19-16(26)15-17(20-12-2-1-3-12)22-18(24-23-15)21-13-4-6-14(7-5-13)25-8-10-29(27,28)11-9-25/h4-7,12H,1-3,8-11H2,(H2,19,26)(H2,20,21,22,24). The molecule has 0 bridgehead atoms. The summed E-state index contributed by atoms with van der Waals surface area (Å²) < 4.78 is 23.2. The molecule has 2 aromatic rings. The zero-order valence-corrected chi connectivity index (χ0v) is 16.7. The molecule has 2 aliphatic rings. The van der Waals surface area contributed by atoms with Crippen LogP contribution < -0.4 is 21.3 Å². The molecule has 1 saturated carbocycles. The molecule has 29 heavy (non-hydrogen) atoms. The lowest BCUT2D eigenvalue weighted by molar-refractivity contribution is 0.0995. The molecule has 4 rings (SSSR count). The first-order valence-electron chi connectivity index (χ1n) is 9.53. The van der Waals surface area contributed by atoms with Crippen molar-refractivity contribution in [2.75, 3.05) is 40.1 Å². The van der Waals surface area contributed by atoms with Gasteiger partial charge in [-0.25, -0.2) is 8.42 Å². The van der Waals surface area contributed by atoms with E-state index in [1.54, 1.807) is 0 Å². The first kappa shape index (κ1) is 19.4. The third-order valence-electron chi connectivity index (χ3n) is 5.20. The number of sulfone groups is 1. The summed E-state index contributed by atoms with van der Waals surface area (Å²) in [4.78, 5) is 18.0. The van der Waals surface area contributed by atoms with Crippen molar-refractivity contribution in [2.24, 2.45) is 5.73 Å². The number of rotatable bonds is 6. The molecule has 1 aliphatic heterocycles. The van der Waals surface area contributed by atoms with Crippen LogP contribution in [0.3, 0.4) is 0 Å². The molecular formula is C18H23N7O3S. The van der Waals surface area contributed by atoms with E-state index in [2.05, 4.69) is 25.8 Å². The molecule has 2 fully saturated rings. The highest BCUT2D eigenvalue weighted by Gasteiger charge is 2.23. The SMILES string of the molecule is NC(=O)c1nnc(Nc2ccc(N3CCS(=O)(=O)CC3)cc2)nc1NC1CCC1. The second kappa shape index (κ2) is 7.82. The largest absolute Gasteiger partial charge is 0.369 e. The fraction of sp³-hybridized carbons (Fsp3) is 0.444. The van der Waals surface area contributed by atoms with Crippen molar-refractivity contribution in [1.82, 2.24) is 15.2 Å². The van der Waals surface area contributed by atoms with Crippen molar-refractivity contribution >= 4 is 38.9 Å². The number of primary amides is 1. The van der Waals surface area contributed by atoms with Crippen molar-refractivity contribution in [3.8, 4) is 0 Å². The predicted octanol–water partition coefficient (Wildman–Crippen LogP) is 0.913. The Morgan fingerprint density at radius 3 is 2.38 bits per heavy atom. The molecule has 0 spiro atoms. The summed E-state index contributed by atoms with van der Waals surface area (Å²) in [6, 6.07) is 7.83. The van der Waals surface area contributed by atoms with E-state index in [0.717, 1.165) is 30.6 Å². The summed E-state index contributed by atoms with van der Waals surface area (Å²) >= 11 is 0. The average molecular weight is 417 g/mol. The molecule has 0 unspecified atom stereocenters. The Morgan fingerprint density at radius 1 is 1.10 bits per heavy atom. The van der Waals surface area contributed by atoms with Crippen LogP contribution in [-0.2, 0) is 9.84 Å². The second-order valence-electron chi connectivity index (χ2n) is 7.28. The molecule has 2 heterocycles. The summed E-state index contributed by atoms with van der Waals surface area (Å²) in [6.07, 6.45) is 3.18. The van der Waals surface area contributed by atoms with Crippen LogP contribution in [0.15, 0.2) is 24.3 Å². The number of aromatic nitrogens is 3. The van der Waals surface area contributed by atoms with E-state index in [-0.39, 0.29) is 29.2 Å². The van der Waals surface area contributed by atoms with Crippen LogP contribution in [-0.4, -0.2) is 60.1 Å². The smallest absolute Gasteiger partial charge is 0.273 e. The molecule has 154 valence electrons. The van der Waals surface area contributed by atoms with Crippen LogP contribution in [0.25, 0.3) is 0 Å². The van der Waals surface area contributed by atoms with Crippen LogP contribution in [0.1, 0.15) is 29.8 Å². The summed E-state index contributed by atoms with van der Waals surface area (Å²) in [6.45, 7) is 0.986. The highest BCUT2D eigenvalue weighted by atomic mass is 32.2. The van der Waals surface area contributed by atoms with Crippen LogP contribution in [0, 0.1) is 0 Å². The topological polar surface area (TPSA) is 143 Å². The number of nitrogens with zero attached hydrogens (tertiary/aromatic N) is 4. The van der Waals surface area contributed by atoms with E-state index in [9.17, 15) is 13.2 Å². The van der Waals surface area contributed by atoms with Crippen LogP contribution >= 0.6 is 0 Å². The summed E-state index contributed by atoms with van der Waals surface area (Å²) in [5.41, 5.74) is 7.11. The van der Waals surface area contributed by atoms with E-state index in [1.165, 1.54) is 0 Å². The highest BCUT2D eigenvalue weighted by molar-refractivity contribution is 7.91. The number of benzene rings is 1. The molecule has 1 aromatic carbocycles. The number of hydrogen-bond donors (Lipinski definition) is 3. The van der Waals surface area contributed by atoms with E-state index in [1.807, 2.05) is 29.2 Å². The van der Waals surface area contributed by atoms with Gasteiger partial charge in [0, 0.05) is 30.5 Å². The monoisotopic (exact) mass is 417 g/mol. The molecule has 1 aliphatic carbocycles. The minimum absolute atomic E-state index is 0.0258. The molecule has 1 aromatic heterocycles. The van der Waals surface area contributed by atoms with Gasteiger partial charge in [-0.05, 0) is 43.5 Å². The summed E-state index contributed by atoms with van der Waals surface area (Å²) in [7, 11) is -2.91. The van der Waals surface area contributed by atoms with Crippen molar-refractivity contribution in [1.29, 1.82) is 0 Å². The number of carbonyl (C=O) groups is 1. The lowest BCUT2D eigenvalue weighted by Gasteiger charge is -2.28. The molecular weight excluding hydrogens is 394 g/mol. The van der Waals surface area contributed by atoms with Crippen LogP contribution in [0.2, 0.25) is 0 Å². The van der Waals surface area contributed by atoms with Gasteiger partial charge >= 0.3 is 0 Å². The van der Waals surface area contributed by atoms with Crippen molar-refractivity contribution < 1.29 is 13.2 Å². The zero-order valence-electron chi connectivity index (χ0n) is 15.8. The molecule has 0 radical (unpaired) electrons. The van der Waals surface area contributed by atoms with E-state index >= 15 is 0 Å². The number of anilines is 4. The van der Waals surface area contributed by atoms with Gasteiger partial charge in [0.05, 0.1) is 11.5 Å². The normalized spacial score (nSPS) is 18.7. The average Bonchev–Trinajstić information content (AvgIpc) is 2.65. The first-order chi connectivity index (χ1) is 13.9. The maximum Gasteiger partial charge on any atom is 0.273 e. The minimum atomic E-state index is -2.91. The van der Waals surface area contributed by atoms with Gasteiger partial charge in [-0.3, -0.25) is 4.79 Å². The Bertz CT molecular complexity index is 993. The van der Waals surface area contributed by atoms with Gasteiger partial charge in [-0.2, -0.15) is 4.98 Å². The lowest BCUT2D eigenvalue weighted by atomic mass is 9.93. The molecule has 1 amide bonds. The lowest BCUT2D eigenvalue weighted by Crippen LogP contribution is -2.40. The third-order valence-corrected chi connectivity index (χ3v) is 6.81. The quantitative estimate of drug-likeness (QED) is 0.625. The molecule has 0 atom stereocenters. The molecule has 1 saturated heterocycles. The van der Waals surface area contributed by atoms with Crippen molar-refractivity contribution in [2.45, 2.75) is 25.3 Å². The number of hydrogen-bond acceptors (Lipinski definition) is 9. The van der Waals surface area contributed by atoms with Gasteiger partial charge < -0.3 is 21.3 Å². The Kier molecular flexibility index (Phi) is 5.22. The Morgan fingerprint density at radius 2 is 1.79 bits per heavy atom. The zero-order chi connectivity index (χ0) is 20.4. The Balaban J connectivity index is 1.46. The second-order valence-corrected chi connectivity index (χ2v) is 9.58. The van der Waals surface area contributed by atoms with Gasteiger partial charge in [-0.1, -0.05) is 0 Å². The number of amides is 1. The number of nitrogens with two attached hydrogens (primary N) is 1. The molecule has 4 N–H and O–H groups in total. The Labute approximate surface area is 168 Å². The van der Waals surface area contributed by atoms with Gasteiger partial charge in [0.1, 0.15) is 0 Å². The molecule has 11 heteroatoms.